The summed E-state index contributed by atoms with van der Waals surface area (Å²) >= 11 is 0. The van der Waals surface area contributed by atoms with Crippen LogP contribution in [0, 0.1) is 29.1 Å². The molecule has 1 N–H and O–H groups in total. The Hall–Kier alpha value is -5.19. The van der Waals surface area contributed by atoms with Gasteiger partial charge in [-0.05, 0) is 126 Å². The molecule has 0 unspecified atom stereocenters. The summed E-state index contributed by atoms with van der Waals surface area (Å²) in [6.07, 6.45) is 7.12. The number of methoxy groups -OCH3 is 1. The van der Waals surface area contributed by atoms with Crippen LogP contribution in [-0.2, 0) is 33.9 Å². The number of alkyl halides is 2. The van der Waals surface area contributed by atoms with E-state index in [-0.39, 0.29) is 43.7 Å². The summed E-state index contributed by atoms with van der Waals surface area (Å²) in [6, 6.07) is 9.65. The van der Waals surface area contributed by atoms with Crippen molar-refractivity contribution in [1.82, 2.24) is 19.6 Å². The molecule has 67 heavy (non-hydrogen) atoms. The number of hydrogen-bond donors (Lipinski definition) is 1. The molecule has 7 rings (SSSR count). The number of carbonyl (C=O) groups is 4. The van der Waals surface area contributed by atoms with Crippen molar-refractivity contribution in [2.45, 2.75) is 148 Å². The third-order valence-corrected chi connectivity index (χ3v) is 15.8. The number of nitrogens with zero attached hydrogens (tertiary/aromatic N) is 3. The zero-order valence-electron chi connectivity index (χ0n) is 39.7. The molecule has 2 aliphatic heterocycles. The number of sulfonamides is 1. The fourth-order valence-corrected chi connectivity index (χ4v) is 10.8. The van der Waals surface area contributed by atoms with Crippen molar-refractivity contribution in [2.75, 3.05) is 13.7 Å². The molecule has 3 fully saturated rings. The highest BCUT2D eigenvalue weighted by Gasteiger charge is 2.62. The lowest BCUT2D eigenvalue weighted by molar-refractivity contribution is -0.197. The predicted octanol–water partition coefficient (Wildman–Crippen LogP) is 8.40. The number of ether oxygens (including phenoxy) is 4. The van der Waals surface area contributed by atoms with E-state index in [1.807, 2.05) is 52.0 Å². The van der Waals surface area contributed by atoms with Crippen LogP contribution in [0.4, 0.5) is 8.78 Å². The van der Waals surface area contributed by atoms with E-state index in [2.05, 4.69) is 9.71 Å². The van der Waals surface area contributed by atoms with Crippen LogP contribution in [0.25, 0.3) is 22.2 Å². The van der Waals surface area contributed by atoms with Gasteiger partial charge in [0.25, 0.3) is 5.92 Å². The molecule has 7 atom stereocenters. The number of nitrogens with one attached hydrogen (secondary N) is 1. The van der Waals surface area contributed by atoms with Crippen LogP contribution in [-0.4, -0.2) is 95.5 Å². The second-order valence-electron chi connectivity index (χ2n) is 19.9. The summed E-state index contributed by atoms with van der Waals surface area (Å²) in [5.41, 5.74) is -2.55. The number of allylic oxidation sites excluding steroid dienone is 2. The van der Waals surface area contributed by atoms with Crippen LogP contribution in [0.3, 0.4) is 0 Å². The largest absolute Gasteiger partial charge is 0.497 e. The zero-order valence-corrected chi connectivity index (χ0v) is 40.5. The first kappa shape index (κ1) is 49.7. The van der Waals surface area contributed by atoms with E-state index >= 15 is 4.79 Å². The van der Waals surface area contributed by atoms with Gasteiger partial charge in [-0.1, -0.05) is 32.4 Å². The van der Waals surface area contributed by atoms with E-state index in [1.165, 1.54) is 4.90 Å². The van der Waals surface area contributed by atoms with Crippen molar-refractivity contribution in [3.63, 3.8) is 0 Å². The Bertz CT molecular complexity index is 2490. The van der Waals surface area contributed by atoms with Gasteiger partial charge in [-0.3, -0.25) is 28.9 Å². The number of Topliss-reactive ketones (excluding diaryl/α,β-unsaturated/α-hetero) is 1. The molecule has 3 aromatic rings. The molecule has 1 saturated heterocycles. The lowest BCUT2D eigenvalue weighted by atomic mass is 9.79. The van der Waals surface area contributed by atoms with Gasteiger partial charge in [-0.25, -0.2) is 22.2 Å². The Morgan fingerprint density at radius 3 is 2.39 bits per heavy atom. The highest BCUT2D eigenvalue weighted by molar-refractivity contribution is 7.90. The quantitative estimate of drug-likeness (QED) is 0.121. The molecule has 2 saturated carbocycles. The maximum Gasteiger partial charge on any atom is 0.307 e. The average Bonchev–Trinajstić information content (AvgIpc) is 4.19. The van der Waals surface area contributed by atoms with Crippen LogP contribution in [0.5, 0.6) is 17.4 Å². The van der Waals surface area contributed by atoms with Gasteiger partial charge in [-0.2, -0.15) is 0 Å². The molecule has 14 nitrogen and oxygen atoms in total. The molecule has 0 bridgehead atoms. The molecule has 2 aliphatic carbocycles. The van der Waals surface area contributed by atoms with Gasteiger partial charge in [-0.15, -0.1) is 0 Å². The average molecular weight is 951 g/mol. The minimum absolute atomic E-state index is 0.0222. The van der Waals surface area contributed by atoms with E-state index in [9.17, 15) is 31.6 Å². The molecule has 17 heteroatoms. The number of rotatable bonds is 14. The van der Waals surface area contributed by atoms with Crippen LogP contribution in [0.15, 0.2) is 54.7 Å². The van der Waals surface area contributed by atoms with Crippen molar-refractivity contribution in [2.24, 2.45) is 29.1 Å². The number of halogens is 2. The molecule has 2 amide bonds. The molecule has 1 aromatic carbocycles. The van der Waals surface area contributed by atoms with E-state index in [0.29, 0.717) is 79.1 Å². The first-order valence-corrected chi connectivity index (χ1v) is 25.0. The van der Waals surface area contributed by atoms with Crippen LogP contribution in [0.2, 0.25) is 0 Å². The predicted molar refractivity (Wildman–Crippen MR) is 247 cm³/mol. The van der Waals surface area contributed by atoms with E-state index < -0.39 is 92.1 Å². The summed E-state index contributed by atoms with van der Waals surface area (Å²) in [7, 11) is -2.39. The monoisotopic (exact) mass is 950 g/mol. The Morgan fingerprint density at radius 2 is 1.75 bits per heavy atom. The van der Waals surface area contributed by atoms with Crippen molar-refractivity contribution in [3.05, 3.63) is 54.7 Å². The Balaban J connectivity index is 1.27. The Morgan fingerprint density at radius 1 is 1.01 bits per heavy atom. The molecule has 4 aliphatic rings. The second kappa shape index (κ2) is 19.4. The minimum atomic E-state index is -3.95. The van der Waals surface area contributed by atoms with Gasteiger partial charge >= 0.3 is 5.97 Å². The number of amides is 2. The fraction of sp³-hybridized carbons (Fsp3) is 0.600. The molecule has 364 valence electrons. The molecule has 2 aromatic heterocycles. The number of esters is 1. The van der Waals surface area contributed by atoms with Crippen molar-refractivity contribution in [3.8, 4) is 28.8 Å². The Labute approximate surface area is 392 Å². The molecule has 4 heterocycles. The smallest absolute Gasteiger partial charge is 0.307 e. The van der Waals surface area contributed by atoms with Crippen molar-refractivity contribution < 1.29 is 55.3 Å². The third kappa shape index (κ3) is 11.2. The first-order chi connectivity index (χ1) is 31.5. The Kier molecular flexibility index (Phi) is 14.4. The van der Waals surface area contributed by atoms with E-state index in [1.54, 1.807) is 37.6 Å². The fourth-order valence-electron chi connectivity index (χ4n) is 9.42. The van der Waals surface area contributed by atoms with Gasteiger partial charge in [0.2, 0.25) is 27.7 Å². The standard InChI is InChI=1S/C50H64F2N4O10S/c1-9-31-20-30(4)12-10-11-13-33-25-50(33,47(60)55-67(61,62)37-16-17-37)26-43(57)42-23-36(28-56(42)46(59)39(31)24-44(58)66-48(5,6)49(7,51)52)65-45-38-18-14-34(63-8)21-32(38)22-41(54-45)40-19-15-35(27-53-40)64-29(2)3/h11,13-15,18-19,21-22,27,29-31,33,36-37,39,42H,9-10,12,16-17,20,23-26,28H2,1-8H3,(H,55,60)/b13-11-/t30-,31-,33-,36-,39+,42+,50-/m1/s1. The summed E-state index contributed by atoms with van der Waals surface area (Å²) < 4.78 is 81.2. The number of fused-ring (bicyclic) bond motifs is 3. The SMILES string of the molecule is CC[C@@H]1C[C@H](C)CC/C=C\[C@@H]2C[C@@]2(C(=O)NS(=O)(=O)C2CC2)CC(=O)[C@@H]2C[C@@H](Oc3nc(-c4ccc(OC(C)C)cn4)cc4cc(OC)ccc34)CN2C(=O)[C@H]1CC(=O)OC(C)(C)C(C)(F)F. The number of hydrogen-bond acceptors (Lipinski definition) is 12. The molecule has 0 spiro atoms. The van der Waals surface area contributed by atoms with Gasteiger partial charge in [0.05, 0.1) is 66.4 Å². The lowest BCUT2D eigenvalue weighted by Gasteiger charge is -2.35. The summed E-state index contributed by atoms with van der Waals surface area (Å²) in [5.74, 6) is -6.57. The molecule has 0 radical (unpaired) electrons. The lowest BCUT2D eigenvalue weighted by Crippen LogP contribution is -2.48. The highest BCUT2D eigenvalue weighted by atomic mass is 32.2. The van der Waals surface area contributed by atoms with Crippen LogP contribution < -0.4 is 18.9 Å². The summed E-state index contributed by atoms with van der Waals surface area (Å²) in [5, 5.41) is 0.663. The summed E-state index contributed by atoms with van der Waals surface area (Å²) in [4.78, 5) is 69.0. The van der Waals surface area contributed by atoms with Crippen molar-refractivity contribution in [1.29, 1.82) is 0 Å². The van der Waals surface area contributed by atoms with Gasteiger partial charge in [0.15, 0.2) is 11.4 Å². The van der Waals surface area contributed by atoms with E-state index in [4.69, 9.17) is 23.9 Å². The number of aromatic nitrogens is 2. The third-order valence-electron chi connectivity index (χ3n) is 14.0. The highest BCUT2D eigenvalue weighted by Crippen LogP contribution is 2.57. The summed E-state index contributed by atoms with van der Waals surface area (Å²) in [6.45, 7) is 10.6. The van der Waals surface area contributed by atoms with E-state index in [0.717, 1.165) is 13.8 Å². The second-order valence-corrected chi connectivity index (χ2v) is 21.9. The van der Waals surface area contributed by atoms with Gasteiger partial charge < -0.3 is 23.8 Å². The van der Waals surface area contributed by atoms with Crippen LogP contribution >= 0.6 is 0 Å². The number of benzene rings is 1. The van der Waals surface area contributed by atoms with Crippen LogP contribution in [0.1, 0.15) is 113 Å². The number of ketones is 1. The van der Waals surface area contributed by atoms with Gasteiger partial charge in [0.1, 0.15) is 17.6 Å². The van der Waals surface area contributed by atoms with Gasteiger partial charge in [0, 0.05) is 25.2 Å². The maximum atomic E-state index is 15.3. The maximum absolute atomic E-state index is 15.3. The molecular weight excluding hydrogens is 887 g/mol. The number of carbonyl (C=O) groups excluding carboxylic acids is 4. The topological polar surface area (TPSA) is 180 Å². The first-order valence-electron chi connectivity index (χ1n) is 23.5. The number of pyridine rings is 2. The van der Waals surface area contributed by atoms with Crippen molar-refractivity contribution >= 4 is 44.4 Å². The zero-order chi connectivity index (χ0) is 48.6. The normalized spacial score (nSPS) is 26.8. The molecular formula is C50H64F2N4O10S. The minimum Gasteiger partial charge on any atom is -0.497 e.